The number of aromatic nitrogens is 1. The first kappa shape index (κ1) is 15.1. The van der Waals surface area contributed by atoms with Gasteiger partial charge in [-0.1, -0.05) is 12.8 Å². The summed E-state index contributed by atoms with van der Waals surface area (Å²) in [5, 5.41) is 5.15. The fourth-order valence-corrected chi connectivity index (χ4v) is 3.07. The van der Waals surface area contributed by atoms with Crippen LogP contribution in [0.2, 0.25) is 0 Å². The van der Waals surface area contributed by atoms with Crippen LogP contribution in [-0.2, 0) is 14.8 Å². The average molecular weight is 300 g/mol. The first-order chi connectivity index (χ1) is 9.29. The van der Waals surface area contributed by atoms with Crippen LogP contribution in [0.4, 0.5) is 0 Å². The van der Waals surface area contributed by atoms with E-state index in [1.807, 2.05) is 0 Å². The van der Waals surface area contributed by atoms with Gasteiger partial charge in [-0.25, -0.2) is 18.4 Å². The van der Waals surface area contributed by atoms with E-state index in [1.165, 1.54) is 12.3 Å². The molecule has 0 unspecified atom stereocenters. The zero-order chi connectivity index (χ0) is 14.9. The van der Waals surface area contributed by atoms with Gasteiger partial charge in [0.25, 0.3) is 0 Å². The fraction of sp³-hybridized carbons (Fsp3) is 0.615. The Morgan fingerprint density at radius 2 is 2.00 bits per heavy atom. The number of sulfonamides is 1. The van der Waals surface area contributed by atoms with Crippen molar-refractivity contribution in [2.24, 2.45) is 5.14 Å². The van der Waals surface area contributed by atoms with Crippen molar-refractivity contribution in [3.05, 3.63) is 18.0 Å². The molecule has 1 aromatic rings. The third-order valence-electron chi connectivity index (χ3n) is 3.42. The maximum Gasteiger partial charge on any atom is 0.355 e. The van der Waals surface area contributed by atoms with Crippen molar-refractivity contribution >= 4 is 16.0 Å². The summed E-state index contributed by atoms with van der Waals surface area (Å²) in [7, 11) is -3.82. The smallest absolute Gasteiger partial charge is 0.355 e. The lowest BCUT2D eigenvalue weighted by Crippen LogP contribution is -2.17. The quantitative estimate of drug-likeness (QED) is 0.858. The standard InChI is InChI=1S/C13H20N2O4S/c1-9(2)19-13(16)12-7-11(20(14,17)18)8-15(12)10-5-3-4-6-10/h7-10H,3-6H2,1-2H3,(H2,14,17,18). The Bertz CT molecular complexity index is 598. The van der Waals surface area contributed by atoms with Gasteiger partial charge in [-0.3, -0.25) is 0 Å². The summed E-state index contributed by atoms with van der Waals surface area (Å²) in [5.74, 6) is -0.512. The second-order valence-electron chi connectivity index (χ2n) is 5.41. The molecule has 20 heavy (non-hydrogen) atoms. The van der Waals surface area contributed by atoms with Gasteiger partial charge in [0, 0.05) is 12.2 Å². The van der Waals surface area contributed by atoms with Crippen LogP contribution >= 0.6 is 0 Å². The highest BCUT2D eigenvalue weighted by molar-refractivity contribution is 7.89. The Morgan fingerprint density at radius 3 is 2.50 bits per heavy atom. The van der Waals surface area contributed by atoms with Gasteiger partial charge in [-0.15, -0.1) is 0 Å². The minimum atomic E-state index is -3.82. The molecule has 7 heteroatoms. The lowest BCUT2D eigenvalue weighted by Gasteiger charge is -2.16. The van der Waals surface area contributed by atoms with E-state index in [9.17, 15) is 13.2 Å². The molecule has 0 aromatic carbocycles. The van der Waals surface area contributed by atoms with Crippen molar-refractivity contribution in [3.63, 3.8) is 0 Å². The molecule has 1 fully saturated rings. The summed E-state index contributed by atoms with van der Waals surface area (Å²) < 4.78 is 29.8. The SMILES string of the molecule is CC(C)OC(=O)c1cc(S(N)(=O)=O)cn1C1CCCC1. The molecule has 0 bridgehead atoms. The molecule has 2 N–H and O–H groups in total. The zero-order valence-corrected chi connectivity index (χ0v) is 12.5. The number of carbonyl (C=O) groups is 1. The van der Waals surface area contributed by atoms with Gasteiger partial charge in [0.2, 0.25) is 10.0 Å². The molecule has 0 atom stereocenters. The Hall–Kier alpha value is -1.34. The molecule has 0 radical (unpaired) electrons. The number of hydrogen-bond donors (Lipinski definition) is 1. The van der Waals surface area contributed by atoms with Crippen LogP contribution in [0.3, 0.4) is 0 Å². The third kappa shape index (κ3) is 3.21. The van der Waals surface area contributed by atoms with E-state index in [0.29, 0.717) is 0 Å². The predicted molar refractivity (Wildman–Crippen MR) is 73.9 cm³/mol. The largest absolute Gasteiger partial charge is 0.458 e. The number of hydrogen-bond acceptors (Lipinski definition) is 4. The van der Waals surface area contributed by atoms with Crippen LogP contribution in [0, 0.1) is 0 Å². The molecule has 1 heterocycles. The summed E-state index contributed by atoms with van der Waals surface area (Å²) in [6.07, 6.45) is 5.20. The van der Waals surface area contributed by atoms with Crippen molar-refractivity contribution in [3.8, 4) is 0 Å². The third-order valence-corrected chi connectivity index (χ3v) is 4.30. The number of primary sulfonamides is 1. The minimum absolute atomic E-state index is 0.0416. The zero-order valence-electron chi connectivity index (χ0n) is 11.7. The predicted octanol–water partition coefficient (Wildman–Crippen LogP) is 1.82. The number of carbonyl (C=O) groups excluding carboxylic acids is 1. The van der Waals surface area contributed by atoms with Crippen LogP contribution in [-0.4, -0.2) is 25.1 Å². The first-order valence-electron chi connectivity index (χ1n) is 6.74. The number of rotatable bonds is 4. The highest BCUT2D eigenvalue weighted by Gasteiger charge is 2.26. The second kappa shape index (κ2) is 5.57. The van der Waals surface area contributed by atoms with E-state index < -0.39 is 16.0 Å². The Balaban J connectivity index is 2.41. The molecule has 0 amide bonds. The van der Waals surface area contributed by atoms with Crippen molar-refractivity contribution < 1.29 is 17.9 Å². The van der Waals surface area contributed by atoms with Crippen molar-refractivity contribution in [1.82, 2.24) is 4.57 Å². The Labute approximate surface area is 119 Å². The minimum Gasteiger partial charge on any atom is -0.458 e. The van der Waals surface area contributed by atoms with Crippen LogP contribution in [0.25, 0.3) is 0 Å². The second-order valence-corrected chi connectivity index (χ2v) is 6.97. The average Bonchev–Trinajstić information content (AvgIpc) is 2.96. The van der Waals surface area contributed by atoms with Gasteiger partial charge in [0.1, 0.15) is 10.6 Å². The van der Waals surface area contributed by atoms with E-state index >= 15 is 0 Å². The molecule has 2 rings (SSSR count). The lowest BCUT2D eigenvalue weighted by atomic mass is 10.2. The fourth-order valence-electron chi connectivity index (χ4n) is 2.53. The Kier molecular flexibility index (Phi) is 4.19. The van der Waals surface area contributed by atoms with Crippen LogP contribution in [0.5, 0.6) is 0 Å². The monoisotopic (exact) mass is 300 g/mol. The van der Waals surface area contributed by atoms with Gasteiger partial charge in [0.05, 0.1) is 6.10 Å². The highest BCUT2D eigenvalue weighted by Crippen LogP contribution is 2.32. The van der Waals surface area contributed by atoms with Crippen molar-refractivity contribution in [2.75, 3.05) is 0 Å². The van der Waals surface area contributed by atoms with E-state index in [1.54, 1.807) is 18.4 Å². The summed E-state index contributed by atoms with van der Waals surface area (Å²) in [4.78, 5) is 12.1. The van der Waals surface area contributed by atoms with Crippen molar-refractivity contribution in [1.29, 1.82) is 0 Å². The Morgan fingerprint density at radius 1 is 1.40 bits per heavy atom. The molecule has 0 spiro atoms. The van der Waals surface area contributed by atoms with Crippen molar-refractivity contribution in [2.45, 2.75) is 56.6 Å². The normalized spacial score (nSPS) is 16.8. The first-order valence-corrected chi connectivity index (χ1v) is 8.29. The van der Waals surface area contributed by atoms with E-state index in [-0.39, 0.29) is 22.7 Å². The highest BCUT2D eigenvalue weighted by atomic mass is 32.2. The molecule has 0 saturated heterocycles. The number of esters is 1. The van der Waals surface area contributed by atoms with E-state index in [4.69, 9.17) is 9.88 Å². The van der Waals surface area contributed by atoms with E-state index in [0.717, 1.165) is 25.7 Å². The number of ether oxygens (including phenoxy) is 1. The number of nitrogens with zero attached hydrogens (tertiary/aromatic N) is 1. The topological polar surface area (TPSA) is 91.4 Å². The summed E-state index contributed by atoms with van der Waals surface area (Å²) in [5.41, 5.74) is 0.259. The van der Waals surface area contributed by atoms with Gasteiger partial charge >= 0.3 is 5.97 Å². The molecule has 1 saturated carbocycles. The van der Waals surface area contributed by atoms with Gasteiger partial charge in [0.15, 0.2) is 0 Å². The summed E-state index contributed by atoms with van der Waals surface area (Å²) in [6.45, 7) is 3.50. The van der Waals surface area contributed by atoms with Gasteiger partial charge in [-0.05, 0) is 32.8 Å². The molecule has 1 aliphatic rings. The molecule has 112 valence electrons. The molecule has 0 aliphatic heterocycles. The van der Waals surface area contributed by atoms with Gasteiger partial charge < -0.3 is 9.30 Å². The van der Waals surface area contributed by atoms with Crippen LogP contribution < -0.4 is 5.14 Å². The molecular weight excluding hydrogens is 280 g/mol. The molecule has 1 aliphatic carbocycles. The van der Waals surface area contributed by atoms with Crippen LogP contribution in [0.1, 0.15) is 56.1 Å². The van der Waals surface area contributed by atoms with Crippen LogP contribution in [0.15, 0.2) is 17.2 Å². The maximum absolute atomic E-state index is 12.1. The molecule has 6 nitrogen and oxygen atoms in total. The molecular formula is C13H20N2O4S. The van der Waals surface area contributed by atoms with Gasteiger partial charge in [-0.2, -0.15) is 0 Å². The number of nitrogens with two attached hydrogens (primary N) is 1. The lowest BCUT2D eigenvalue weighted by molar-refractivity contribution is 0.0362. The molecule has 1 aromatic heterocycles. The maximum atomic E-state index is 12.1. The summed E-state index contributed by atoms with van der Waals surface area (Å²) >= 11 is 0. The summed E-state index contributed by atoms with van der Waals surface area (Å²) in [6, 6.07) is 1.44. The van der Waals surface area contributed by atoms with E-state index in [2.05, 4.69) is 0 Å².